The third kappa shape index (κ3) is 16.9. The molecule has 0 aromatic heterocycles. The van der Waals surface area contributed by atoms with Crippen LogP contribution in [0.25, 0.3) is 22.3 Å². The Bertz CT molecular complexity index is 2390. The van der Waals surface area contributed by atoms with Gasteiger partial charge in [0.05, 0.1) is 0 Å². The van der Waals surface area contributed by atoms with Gasteiger partial charge in [0.1, 0.15) is 43.1 Å². The first-order chi connectivity index (χ1) is 33.8. The lowest BCUT2D eigenvalue weighted by Gasteiger charge is -2.20. The molecule has 0 fully saturated rings. The van der Waals surface area contributed by atoms with Crippen molar-refractivity contribution in [1.29, 1.82) is 0 Å². The van der Waals surface area contributed by atoms with Crippen LogP contribution in [0.15, 0.2) is 110 Å². The van der Waals surface area contributed by atoms with Gasteiger partial charge >= 0.3 is 36.3 Å². The molecular formula is C55H68N4O12. The van der Waals surface area contributed by atoms with Gasteiger partial charge in [0.2, 0.25) is 0 Å². The van der Waals surface area contributed by atoms with Crippen LogP contribution in [-0.2, 0) is 33.3 Å². The van der Waals surface area contributed by atoms with E-state index in [4.69, 9.17) is 23.7 Å². The molecule has 0 bridgehead atoms. The van der Waals surface area contributed by atoms with E-state index in [1.807, 2.05) is 84.9 Å². The number of amides is 4. The van der Waals surface area contributed by atoms with Gasteiger partial charge in [-0.1, -0.05) is 110 Å². The molecule has 71 heavy (non-hydrogen) atoms. The molecule has 2 unspecified atom stereocenters. The summed E-state index contributed by atoms with van der Waals surface area (Å²) in [5.41, 5.74) is 7.75. The lowest BCUT2D eigenvalue weighted by Crippen LogP contribution is -2.42. The van der Waals surface area contributed by atoms with Gasteiger partial charge in [0.25, 0.3) is 0 Å². The van der Waals surface area contributed by atoms with Crippen LogP contribution >= 0.6 is 0 Å². The maximum Gasteiger partial charge on any atom is 0.407 e. The van der Waals surface area contributed by atoms with Crippen molar-refractivity contribution in [3.8, 4) is 22.3 Å². The Hall–Kier alpha value is -7.36. The van der Waals surface area contributed by atoms with E-state index in [1.165, 1.54) is 6.08 Å². The molecule has 4 aromatic rings. The molecule has 0 heterocycles. The fraction of sp³-hybridized carbons (Fsp3) is 0.418. The average Bonchev–Trinajstić information content (AvgIpc) is 3.82. The fourth-order valence-corrected chi connectivity index (χ4v) is 8.27. The van der Waals surface area contributed by atoms with Crippen molar-refractivity contribution in [2.75, 3.05) is 32.9 Å². The monoisotopic (exact) mass is 976 g/mol. The summed E-state index contributed by atoms with van der Waals surface area (Å²) in [6.45, 7) is 15.3. The highest BCUT2D eigenvalue weighted by Gasteiger charge is 2.32. The Kier molecular flexibility index (Phi) is 20.0. The Labute approximate surface area is 416 Å². The summed E-state index contributed by atoms with van der Waals surface area (Å²) >= 11 is 0. The molecule has 16 nitrogen and oxygen atoms in total. The number of alkyl carbamates (subject to hydrolysis) is 4. The topological polar surface area (TPSA) is 217 Å². The van der Waals surface area contributed by atoms with Gasteiger partial charge in [-0.05, 0) is 125 Å². The molecule has 4 aromatic carbocycles. The van der Waals surface area contributed by atoms with Crippen molar-refractivity contribution in [3.63, 3.8) is 0 Å². The predicted octanol–water partition coefficient (Wildman–Crippen LogP) is 9.99. The highest BCUT2D eigenvalue weighted by Crippen LogP contribution is 2.45. The predicted molar refractivity (Wildman–Crippen MR) is 269 cm³/mol. The molecule has 0 radical (unpaired) electrons. The number of carbonyl (C=O) groups excluding carboxylic acids is 5. The molecule has 5 N–H and O–H groups in total. The molecule has 4 amide bonds. The molecule has 2 aliphatic rings. The zero-order chi connectivity index (χ0) is 51.6. The molecule has 6 rings (SSSR count). The zero-order valence-corrected chi connectivity index (χ0v) is 41.5. The highest BCUT2D eigenvalue weighted by molar-refractivity contribution is 5.83. The number of esters is 1. The molecule has 0 aliphatic heterocycles. The molecule has 0 saturated carbocycles. The minimum atomic E-state index is -1.13. The van der Waals surface area contributed by atoms with E-state index in [-0.39, 0.29) is 38.1 Å². The second-order valence-electron chi connectivity index (χ2n) is 19.2. The number of carboxylic acid groups (broad SMARTS) is 1. The number of hydrogen-bond donors (Lipinski definition) is 5. The summed E-state index contributed by atoms with van der Waals surface area (Å²) in [6.07, 6.45) is 1.76. The van der Waals surface area contributed by atoms with Gasteiger partial charge in [-0.15, -0.1) is 0 Å². The number of carbonyl (C=O) groups is 6. The number of benzene rings is 4. The number of hydrogen-bond acceptors (Lipinski definition) is 11. The van der Waals surface area contributed by atoms with Gasteiger partial charge in [-0.3, -0.25) is 0 Å². The Morgan fingerprint density at radius 1 is 0.535 bits per heavy atom. The molecule has 0 spiro atoms. The quantitative estimate of drug-likeness (QED) is 0.0242. The summed E-state index contributed by atoms with van der Waals surface area (Å²) in [7, 11) is 0. The van der Waals surface area contributed by atoms with Gasteiger partial charge in [-0.25, -0.2) is 28.8 Å². The number of ether oxygens (including phenoxy) is 5. The maximum absolute atomic E-state index is 12.7. The number of aliphatic carboxylic acids is 1. The highest BCUT2D eigenvalue weighted by atomic mass is 16.6. The van der Waals surface area contributed by atoms with E-state index in [9.17, 15) is 33.9 Å². The van der Waals surface area contributed by atoms with Crippen molar-refractivity contribution in [3.05, 3.63) is 132 Å². The number of carboxylic acids is 1. The van der Waals surface area contributed by atoms with Crippen molar-refractivity contribution in [2.45, 2.75) is 115 Å². The van der Waals surface area contributed by atoms with E-state index in [2.05, 4.69) is 40.0 Å². The van der Waals surface area contributed by atoms with Crippen molar-refractivity contribution >= 4 is 36.3 Å². The largest absolute Gasteiger partial charge is 0.480 e. The number of rotatable bonds is 20. The van der Waals surface area contributed by atoms with Crippen LogP contribution in [-0.4, -0.2) is 97.6 Å². The van der Waals surface area contributed by atoms with Crippen LogP contribution in [0.5, 0.6) is 0 Å². The molecule has 380 valence electrons. The lowest BCUT2D eigenvalue weighted by atomic mass is 9.98. The summed E-state index contributed by atoms with van der Waals surface area (Å²) in [4.78, 5) is 72.6. The Balaban J connectivity index is 0.000000265. The van der Waals surface area contributed by atoms with Crippen molar-refractivity contribution in [2.24, 2.45) is 0 Å². The van der Waals surface area contributed by atoms with Crippen LogP contribution in [0.1, 0.15) is 114 Å². The van der Waals surface area contributed by atoms with E-state index >= 15 is 0 Å². The van der Waals surface area contributed by atoms with Gasteiger partial charge < -0.3 is 50.1 Å². The third-order valence-corrected chi connectivity index (χ3v) is 11.4. The summed E-state index contributed by atoms with van der Waals surface area (Å²) in [6, 6.07) is 30.2. The first-order valence-electron chi connectivity index (χ1n) is 24.0. The molecule has 16 heteroatoms. The minimum Gasteiger partial charge on any atom is -0.480 e. The number of unbranched alkanes of at least 4 members (excludes halogenated alkanes) is 2. The summed E-state index contributed by atoms with van der Waals surface area (Å²) < 4.78 is 26.5. The molecular weight excluding hydrogens is 909 g/mol. The van der Waals surface area contributed by atoms with E-state index in [1.54, 1.807) is 41.5 Å². The molecule has 0 saturated heterocycles. The fourth-order valence-electron chi connectivity index (χ4n) is 8.27. The lowest BCUT2D eigenvalue weighted by molar-refractivity contribution is -0.145. The normalized spacial score (nSPS) is 13.2. The van der Waals surface area contributed by atoms with E-state index in [0.717, 1.165) is 44.5 Å². The SMILES string of the molecule is C=CCOC(=O)C(CCCCNC(=O)OC(C)(C)C)NC(=O)OCC1c2ccccc2-c2ccccc21.CC(C)(C)OC(=O)NCCCCC(NC(=O)OCC1c2ccccc2-c2ccccc21)C(=O)O. The second kappa shape index (κ2) is 26.0. The first kappa shape index (κ1) is 54.6. The van der Waals surface area contributed by atoms with Crippen LogP contribution in [0, 0.1) is 0 Å². The average molecular weight is 977 g/mol. The smallest absolute Gasteiger partial charge is 0.407 e. The van der Waals surface area contributed by atoms with E-state index < -0.39 is 59.6 Å². The second-order valence-corrected chi connectivity index (χ2v) is 19.2. The first-order valence-corrected chi connectivity index (χ1v) is 24.0. The van der Waals surface area contributed by atoms with Crippen LogP contribution in [0.3, 0.4) is 0 Å². The van der Waals surface area contributed by atoms with Gasteiger partial charge in [-0.2, -0.15) is 0 Å². The number of fused-ring (bicyclic) bond motifs is 6. The Morgan fingerprint density at radius 3 is 1.24 bits per heavy atom. The molecule has 2 aliphatic carbocycles. The van der Waals surface area contributed by atoms with Crippen LogP contribution in [0.2, 0.25) is 0 Å². The minimum absolute atomic E-state index is 0.0436. The van der Waals surface area contributed by atoms with Gasteiger partial charge in [0, 0.05) is 24.9 Å². The van der Waals surface area contributed by atoms with Crippen LogP contribution < -0.4 is 21.3 Å². The third-order valence-electron chi connectivity index (χ3n) is 11.4. The maximum atomic E-state index is 12.7. The zero-order valence-electron chi connectivity index (χ0n) is 41.5. The molecule has 2 atom stereocenters. The van der Waals surface area contributed by atoms with Crippen molar-refractivity contribution in [1.82, 2.24) is 21.3 Å². The standard InChI is InChI=1S/C29H36N2O6.C26H32N2O6/c1-5-18-35-26(32)25(16-10-11-17-30-27(33)37-29(2,3)4)31-28(34)36-19-24-22-14-8-6-12-20(22)21-13-7-9-15-23(21)24;1-26(2,3)34-24(31)27-15-9-8-14-22(23(29)30)28-25(32)33-16-21-19-12-6-4-10-17(19)18-11-5-7-13-20(18)21/h5-9,12-15,24-25H,1,10-11,16-19H2,2-4H3,(H,30,33)(H,31,34);4-7,10-13,21-22H,8-9,14-16H2,1-3H3,(H,27,31)(H,28,32)(H,29,30). The van der Waals surface area contributed by atoms with Gasteiger partial charge in [0.15, 0.2) is 0 Å². The summed E-state index contributed by atoms with van der Waals surface area (Å²) in [5.74, 6) is -1.87. The van der Waals surface area contributed by atoms with Crippen molar-refractivity contribution < 1.29 is 57.6 Å². The van der Waals surface area contributed by atoms with Crippen LogP contribution in [0.4, 0.5) is 19.2 Å². The summed E-state index contributed by atoms with van der Waals surface area (Å²) in [5, 5.41) is 19.9. The Morgan fingerprint density at radius 2 is 0.887 bits per heavy atom. The number of nitrogens with one attached hydrogen (secondary N) is 4. The van der Waals surface area contributed by atoms with E-state index in [0.29, 0.717) is 45.2 Å².